The third-order valence-corrected chi connectivity index (χ3v) is 3.84. The van der Waals surface area contributed by atoms with Crippen LogP contribution in [0.3, 0.4) is 0 Å². The maximum absolute atomic E-state index is 5.81. The number of benzene rings is 1. The van der Waals surface area contributed by atoms with Crippen LogP contribution in [-0.4, -0.2) is 11.9 Å². The summed E-state index contributed by atoms with van der Waals surface area (Å²) in [6.07, 6.45) is 0. The minimum absolute atomic E-state index is 0.460. The quantitative estimate of drug-likeness (QED) is 0.639. The summed E-state index contributed by atoms with van der Waals surface area (Å²) in [7, 11) is 0. The molecule has 0 fully saturated rings. The number of nitrogens with one attached hydrogen (secondary N) is 1. The maximum atomic E-state index is 5.81. The van der Waals surface area contributed by atoms with E-state index in [0.717, 1.165) is 6.54 Å². The van der Waals surface area contributed by atoms with E-state index in [0.29, 0.717) is 17.8 Å². The molecule has 0 bridgehead atoms. The molecule has 3 heteroatoms. The zero-order valence-electron chi connectivity index (χ0n) is 9.13. The molecule has 0 aliphatic rings. The second-order valence-electron chi connectivity index (χ2n) is 3.93. The summed E-state index contributed by atoms with van der Waals surface area (Å²) in [5.41, 5.74) is 1.32. The van der Waals surface area contributed by atoms with Crippen molar-refractivity contribution in [2.75, 3.05) is 5.88 Å². The Morgan fingerprint density at radius 2 is 1.87 bits per heavy atom. The molecule has 0 aliphatic heterocycles. The van der Waals surface area contributed by atoms with Crippen LogP contribution in [0.2, 0.25) is 0 Å². The van der Waals surface area contributed by atoms with Crippen LogP contribution in [0.15, 0.2) is 24.3 Å². The van der Waals surface area contributed by atoms with Crippen molar-refractivity contribution >= 4 is 34.2 Å². The molecule has 0 amide bonds. The average molecular weight is 338 g/mol. The van der Waals surface area contributed by atoms with E-state index in [1.807, 2.05) is 0 Å². The standard InChI is InChI=1S/C12H17ClIN/c1-9(7-13)10(2)15-8-11-3-5-12(14)6-4-11/h3-6,9-10,15H,7-8H2,1-2H3. The Labute approximate surface area is 111 Å². The lowest BCUT2D eigenvalue weighted by atomic mass is 10.1. The van der Waals surface area contributed by atoms with E-state index in [4.69, 9.17) is 11.6 Å². The highest BCUT2D eigenvalue weighted by molar-refractivity contribution is 14.1. The van der Waals surface area contributed by atoms with Gasteiger partial charge in [-0.15, -0.1) is 11.6 Å². The van der Waals surface area contributed by atoms with Gasteiger partial charge in [-0.3, -0.25) is 0 Å². The summed E-state index contributed by atoms with van der Waals surface area (Å²) in [5.74, 6) is 1.22. The minimum atomic E-state index is 0.460. The molecule has 0 saturated carbocycles. The summed E-state index contributed by atoms with van der Waals surface area (Å²) in [4.78, 5) is 0. The molecule has 1 nitrogen and oxygen atoms in total. The molecule has 0 radical (unpaired) electrons. The predicted octanol–water partition coefficient (Wildman–Crippen LogP) is 3.64. The highest BCUT2D eigenvalue weighted by Crippen LogP contribution is 2.09. The fourth-order valence-corrected chi connectivity index (χ4v) is 1.84. The van der Waals surface area contributed by atoms with Crippen LogP contribution in [-0.2, 0) is 6.54 Å². The first-order valence-corrected chi connectivity index (χ1v) is 6.78. The van der Waals surface area contributed by atoms with Crippen LogP contribution in [0.1, 0.15) is 19.4 Å². The first kappa shape index (κ1) is 13.3. The fraction of sp³-hybridized carbons (Fsp3) is 0.500. The van der Waals surface area contributed by atoms with Gasteiger partial charge in [0.05, 0.1) is 0 Å². The van der Waals surface area contributed by atoms with Gasteiger partial charge < -0.3 is 5.32 Å². The van der Waals surface area contributed by atoms with Crippen molar-refractivity contribution < 1.29 is 0 Å². The van der Waals surface area contributed by atoms with Gasteiger partial charge in [0, 0.05) is 22.0 Å². The van der Waals surface area contributed by atoms with Crippen LogP contribution < -0.4 is 5.32 Å². The van der Waals surface area contributed by atoms with E-state index in [2.05, 4.69) is 66.0 Å². The first-order chi connectivity index (χ1) is 7.13. The Balaban J connectivity index is 2.40. The molecule has 2 unspecified atom stereocenters. The third kappa shape index (κ3) is 4.70. The largest absolute Gasteiger partial charge is 0.310 e. The molecular weight excluding hydrogens is 320 g/mol. The van der Waals surface area contributed by atoms with Crippen LogP contribution >= 0.6 is 34.2 Å². The van der Waals surface area contributed by atoms with Gasteiger partial charge in [-0.05, 0) is 53.1 Å². The molecular formula is C12H17ClIN. The molecule has 15 heavy (non-hydrogen) atoms. The van der Waals surface area contributed by atoms with Gasteiger partial charge in [0.25, 0.3) is 0 Å². The summed E-state index contributed by atoms with van der Waals surface area (Å²) in [6, 6.07) is 9.04. The van der Waals surface area contributed by atoms with Crippen molar-refractivity contribution in [3.63, 3.8) is 0 Å². The highest BCUT2D eigenvalue weighted by Gasteiger charge is 2.09. The number of hydrogen-bond acceptors (Lipinski definition) is 1. The van der Waals surface area contributed by atoms with Gasteiger partial charge in [0.2, 0.25) is 0 Å². The Bertz CT molecular complexity index is 286. The Hall–Kier alpha value is 0.200. The zero-order chi connectivity index (χ0) is 11.3. The minimum Gasteiger partial charge on any atom is -0.310 e. The van der Waals surface area contributed by atoms with Gasteiger partial charge >= 0.3 is 0 Å². The topological polar surface area (TPSA) is 12.0 Å². The predicted molar refractivity (Wildman–Crippen MR) is 75.3 cm³/mol. The summed E-state index contributed by atoms with van der Waals surface area (Å²) < 4.78 is 1.28. The Kier molecular flexibility index (Phi) is 5.94. The first-order valence-electron chi connectivity index (χ1n) is 5.17. The molecule has 0 saturated heterocycles. The number of halogens is 2. The second kappa shape index (κ2) is 6.71. The van der Waals surface area contributed by atoms with Gasteiger partial charge in [0.1, 0.15) is 0 Å². The molecule has 1 N–H and O–H groups in total. The van der Waals surface area contributed by atoms with E-state index < -0.39 is 0 Å². The molecule has 2 atom stereocenters. The number of hydrogen-bond donors (Lipinski definition) is 1. The number of rotatable bonds is 5. The maximum Gasteiger partial charge on any atom is 0.0263 e. The van der Waals surface area contributed by atoms with Gasteiger partial charge in [-0.2, -0.15) is 0 Å². The molecule has 84 valence electrons. The van der Waals surface area contributed by atoms with Gasteiger partial charge in [-0.25, -0.2) is 0 Å². The van der Waals surface area contributed by atoms with Crippen molar-refractivity contribution in [1.82, 2.24) is 5.32 Å². The average Bonchev–Trinajstić information content (AvgIpc) is 2.26. The zero-order valence-corrected chi connectivity index (χ0v) is 12.0. The molecule has 0 aromatic heterocycles. The molecule has 1 rings (SSSR count). The van der Waals surface area contributed by atoms with Gasteiger partial charge in [0.15, 0.2) is 0 Å². The molecule has 0 heterocycles. The van der Waals surface area contributed by atoms with Crippen molar-refractivity contribution in [2.45, 2.75) is 26.4 Å². The van der Waals surface area contributed by atoms with Crippen LogP contribution in [0.25, 0.3) is 0 Å². The monoisotopic (exact) mass is 337 g/mol. The summed E-state index contributed by atoms with van der Waals surface area (Å²) >= 11 is 8.13. The smallest absolute Gasteiger partial charge is 0.0263 e. The normalized spacial score (nSPS) is 14.9. The van der Waals surface area contributed by atoms with E-state index in [1.54, 1.807) is 0 Å². The SMILES string of the molecule is CC(CCl)C(C)NCc1ccc(I)cc1. The van der Waals surface area contributed by atoms with Crippen LogP contribution in [0, 0.1) is 9.49 Å². The van der Waals surface area contributed by atoms with Crippen LogP contribution in [0.5, 0.6) is 0 Å². The van der Waals surface area contributed by atoms with Crippen molar-refractivity contribution in [3.05, 3.63) is 33.4 Å². The lowest BCUT2D eigenvalue weighted by Gasteiger charge is -2.19. The highest BCUT2D eigenvalue weighted by atomic mass is 127. The molecule has 0 spiro atoms. The number of alkyl halides is 1. The van der Waals surface area contributed by atoms with Crippen molar-refractivity contribution in [1.29, 1.82) is 0 Å². The van der Waals surface area contributed by atoms with E-state index in [1.165, 1.54) is 9.13 Å². The van der Waals surface area contributed by atoms with E-state index in [-0.39, 0.29) is 0 Å². The molecule has 0 aliphatic carbocycles. The lowest BCUT2D eigenvalue weighted by molar-refractivity contribution is 0.430. The van der Waals surface area contributed by atoms with Crippen molar-refractivity contribution in [2.24, 2.45) is 5.92 Å². The second-order valence-corrected chi connectivity index (χ2v) is 5.48. The molecule has 1 aromatic carbocycles. The fourth-order valence-electron chi connectivity index (χ4n) is 1.22. The Morgan fingerprint density at radius 3 is 2.40 bits per heavy atom. The Morgan fingerprint density at radius 1 is 1.27 bits per heavy atom. The van der Waals surface area contributed by atoms with Gasteiger partial charge in [-0.1, -0.05) is 19.1 Å². The van der Waals surface area contributed by atoms with Crippen LogP contribution in [0.4, 0.5) is 0 Å². The van der Waals surface area contributed by atoms with E-state index in [9.17, 15) is 0 Å². The third-order valence-electron chi connectivity index (χ3n) is 2.64. The summed E-state index contributed by atoms with van der Waals surface area (Å²) in [6.45, 7) is 5.26. The van der Waals surface area contributed by atoms with Crippen molar-refractivity contribution in [3.8, 4) is 0 Å². The lowest BCUT2D eigenvalue weighted by Crippen LogP contribution is -2.32. The molecule has 1 aromatic rings. The van der Waals surface area contributed by atoms with E-state index >= 15 is 0 Å². The summed E-state index contributed by atoms with van der Waals surface area (Å²) in [5, 5.41) is 3.48.